The fraction of sp³-hybridized carbons (Fsp3) is 0.600. The number of aliphatic hydroxyl groups excluding tert-OH is 1. The van der Waals surface area contributed by atoms with Gasteiger partial charge in [-0.2, -0.15) is 0 Å². The lowest BCUT2D eigenvalue weighted by molar-refractivity contribution is 0.0820. The SMILES string of the molecule is Cc1cc(N2CCCOC(C)C2)c([C@@H](C)O)cc1F. The van der Waals surface area contributed by atoms with Gasteiger partial charge in [0.25, 0.3) is 0 Å². The molecule has 0 aliphatic carbocycles. The second kappa shape index (κ2) is 5.88. The smallest absolute Gasteiger partial charge is 0.126 e. The highest BCUT2D eigenvalue weighted by Crippen LogP contribution is 2.30. The molecule has 1 saturated heterocycles. The normalized spacial score (nSPS) is 22.2. The van der Waals surface area contributed by atoms with Gasteiger partial charge in [-0.25, -0.2) is 4.39 Å². The van der Waals surface area contributed by atoms with Gasteiger partial charge in [0.1, 0.15) is 5.82 Å². The molecule has 106 valence electrons. The fourth-order valence-electron chi connectivity index (χ4n) is 2.50. The van der Waals surface area contributed by atoms with Crippen LogP contribution in [-0.4, -0.2) is 30.9 Å². The minimum Gasteiger partial charge on any atom is -0.389 e. The molecule has 0 saturated carbocycles. The van der Waals surface area contributed by atoms with Crippen molar-refractivity contribution in [2.24, 2.45) is 0 Å². The van der Waals surface area contributed by atoms with Gasteiger partial charge in [-0.3, -0.25) is 0 Å². The van der Waals surface area contributed by atoms with E-state index < -0.39 is 6.10 Å². The molecule has 2 rings (SSSR count). The van der Waals surface area contributed by atoms with Gasteiger partial charge in [0.15, 0.2) is 0 Å². The molecule has 2 atom stereocenters. The van der Waals surface area contributed by atoms with Crippen LogP contribution in [0.1, 0.15) is 37.5 Å². The second-order valence-corrected chi connectivity index (χ2v) is 5.32. The fourth-order valence-corrected chi connectivity index (χ4v) is 2.50. The van der Waals surface area contributed by atoms with Gasteiger partial charge in [-0.05, 0) is 44.9 Å². The van der Waals surface area contributed by atoms with Crippen LogP contribution in [0.15, 0.2) is 12.1 Å². The maximum Gasteiger partial charge on any atom is 0.126 e. The third kappa shape index (κ3) is 3.25. The molecule has 19 heavy (non-hydrogen) atoms. The summed E-state index contributed by atoms with van der Waals surface area (Å²) in [7, 11) is 0. The third-order valence-corrected chi connectivity index (χ3v) is 3.55. The summed E-state index contributed by atoms with van der Waals surface area (Å²) in [5.41, 5.74) is 2.18. The van der Waals surface area contributed by atoms with Crippen molar-refractivity contribution < 1.29 is 14.2 Å². The molecule has 0 spiro atoms. The van der Waals surface area contributed by atoms with Crippen molar-refractivity contribution in [2.75, 3.05) is 24.6 Å². The molecule has 0 aromatic heterocycles. The van der Waals surface area contributed by atoms with Crippen LogP contribution in [0.3, 0.4) is 0 Å². The van der Waals surface area contributed by atoms with Crippen LogP contribution in [0.5, 0.6) is 0 Å². The van der Waals surface area contributed by atoms with Gasteiger partial charge >= 0.3 is 0 Å². The predicted octanol–water partition coefficient (Wildman–Crippen LogP) is 2.80. The predicted molar refractivity (Wildman–Crippen MR) is 74.0 cm³/mol. The van der Waals surface area contributed by atoms with Crippen molar-refractivity contribution in [2.45, 2.75) is 39.4 Å². The Kier molecular flexibility index (Phi) is 4.42. The number of halogens is 1. The van der Waals surface area contributed by atoms with E-state index in [1.54, 1.807) is 13.8 Å². The molecule has 1 unspecified atom stereocenters. The highest BCUT2D eigenvalue weighted by molar-refractivity contribution is 5.57. The number of ether oxygens (including phenoxy) is 1. The summed E-state index contributed by atoms with van der Waals surface area (Å²) >= 11 is 0. The van der Waals surface area contributed by atoms with E-state index in [0.29, 0.717) is 11.1 Å². The van der Waals surface area contributed by atoms with Crippen molar-refractivity contribution in [3.63, 3.8) is 0 Å². The summed E-state index contributed by atoms with van der Waals surface area (Å²) in [4.78, 5) is 2.19. The number of hydrogen-bond donors (Lipinski definition) is 1. The zero-order chi connectivity index (χ0) is 14.0. The van der Waals surface area contributed by atoms with Gasteiger partial charge in [-0.15, -0.1) is 0 Å². The van der Waals surface area contributed by atoms with Crippen LogP contribution < -0.4 is 4.90 Å². The Hall–Kier alpha value is -1.13. The zero-order valence-corrected chi connectivity index (χ0v) is 11.8. The minimum absolute atomic E-state index is 0.148. The standard InChI is InChI=1S/C15H22FNO2/c1-10-7-15(13(12(3)18)8-14(10)16)17-5-4-6-19-11(2)9-17/h7-8,11-12,18H,4-6,9H2,1-3H3/t11?,12-/m1/s1. The summed E-state index contributed by atoms with van der Waals surface area (Å²) in [5, 5.41) is 9.86. The van der Waals surface area contributed by atoms with E-state index in [9.17, 15) is 9.50 Å². The highest BCUT2D eigenvalue weighted by Gasteiger charge is 2.20. The highest BCUT2D eigenvalue weighted by atomic mass is 19.1. The Morgan fingerprint density at radius 3 is 2.89 bits per heavy atom. The van der Waals surface area contributed by atoms with Gasteiger partial charge in [-0.1, -0.05) is 0 Å². The lowest BCUT2D eigenvalue weighted by Gasteiger charge is -2.28. The van der Waals surface area contributed by atoms with Crippen molar-refractivity contribution in [3.8, 4) is 0 Å². The molecular weight excluding hydrogens is 245 g/mol. The summed E-state index contributed by atoms with van der Waals surface area (Å²) < 4.78 is 19.3. The number of nitrogens with zero attached hydrogens (tertiary/aromatic N) is 1. The second-order valence-electron chi connectivity index (χ2n) is 5.32. The van der Waals surface area contributed by atoms with Crippen LogP contribution in [0, 0.1) is 12.7 Å². The zero-order valence-electron chi connectivity index (χ0n) is 11.8. The third-order valence-electron chi connectivity index (χ3n) is 3.55. The Balaban J connectivity index is 2.38. The Morgan fingerprint density at radius 2 is 2.21 bits per heavy atom. The van der Waals surface area contributed by atoms with E-state index in [1.165, 1.54) is 6.07 Å². The van der Waals surface area contributed by atoms with Crippen LogP contribution >= 0.6 is 0 Å². The molecule has 1 aromatic rings. The molecule has 4 heteroatoms. The topological polar surface area (TPSA) is 32.7 Å². The molecule has 1 aromatic carbocycles. The number of aliphatic hydroxyl groups is 1. The molecule has 1 heterocycles. The van der Waals surface area contributed by atoms with Crippen LogP contribution in [0.25, 0.3) is 0 Å². The molecule has 0 amide bonds. The molecular formula is C15H22FNO2. The van der Waals surface area contributed by atoms with Gasteiger partial charge in [0, 0.05) is 30.9 Å². The van der Waals surface area contributed by atoms with Gasteiger partial charge in [0.05, 0.1) is 12.2 Å². The Morgan fingerprint density at radius 1 is 1.47 bits per heavy atom. The number of aryl methyl sites for hydroxylation is 1. The average molecular weight is 267 g/mol. The Labute approximate surface area is 114 Å². The van der Waals surface area contributed by atoms with E-state index in [1.807, 2.05) is 13.0 Å². The first-order valence-electron chi connectivity index (χ1n) is 6.83. The van der Waals surface area contributed by atoms with Crippen LogP contribution in [0.4, 0.5) is 10.1 Å². The van der Waals surface area contributed by atoms with E-state index >= 15 is 0 Å². The maximum absolute atomic E-state index is 13.7. The first-order chi connectivity index (χ1) is 8.99. The summed E-state index contributed by atoms with van der Waals surface area (Å²) in [6.07, 6.45) is 0.416. The van der Waals surface area contributed by atoms with Crippen molar-refractivity contribution in [1.29, 1.82) is 0 Å². The lowest BCUT2D eigenvalue weighted by Crippen LogP contribution is -2.31. The maximum atomic E-state index is 13.7. The number of benzene rings is 1. The molecule has 0 bridgehead atoms. The molecule has 0 radical (unpaired) electrons. The largest absolute Gasteiger partial charge is 0.389 e. The monoisotopic (exact) mass is 267 g/mol. The first-order valence-corrected chi connectivity index (χ1v) is 6.83. The van der Waals surface area contributed by atoms with E-state index in [0.717, 1.165) is 31.8 Å². The van der Waals surface area contributed by atoms with Crippen LogP contribution in [0.2, 0.25) is 0 Å². The number of hydrogen-bond acceptors (Lipinski definition) is 3. The number of anilines is 1. The van der Waals surface area contributed by atoms with Crippen LogP contribution in [-0.2, 0) is 4.74 Å². The first kappa shape index (κ1) is 14.3. The van der Waals surface area contributed by atoms with E-state index in [-0.39, 0.29) is 11.9 Å². The van der Waals surface area contributed by atoms with E-state index in [4.69, 9.17) is 4.74 Å². The van der Waals surface area contributed by atoms with Crippen molar-refractivity contribution in [3.05, 3.63) is 29.1 Å². The molecule has 3 nitrogen and oxygen atoms in total. The van der Waals surface area contributed by atoms with Gasteiger partial charge in [0.2, 0.25) is 0 Å². The molecule has 1 aliphatic heterocycles. The van der Waals surface area contributed by atoms with Crippen molar-refractivity contribution >= 4 is 5.69 Å². The number of rotatable bonds is 2. The van der Waals surface area contributed by atoms with Gasteiger partial charge < -0.3 is 14.7 Å². The minimum atomic E-state index is -0.676. The van der Waals surface area contributed by atoms with E-state index in [2.05, 4.69) is 4.90 Å². The summed E-state index contributed by atoms with van der Waals surface area (Å²) in [5.74, 6) is -0.265. The molecule has 1 N–H and O–H groups in total. The molecule has 1 fully saturated rings. The quantitative estimate of drug-likeness (QED) is 0.894. The average Bonchev–Trinajstić information content (AvgIpc) is 2.56. The summed E-state index contributed by atoms with van der Waals surface area (Å²) in [6.45, 7) is 7.85. The Bertz CT molecular complexity index is 448. The molecule has 1 aliphatic rings. The lowest BCUT2D eigenvalue weighted by atomic mass is 10.0. The van der Waals surface area contributed by atoms with Crippen molar-refractivity contribution in [1.82, 2.24) is 0 Å². The summed E-state index contributed by atoms with van der Waals surface area (Å²) in [6, 6.07) is 3.28.